The zero-order valence-corrected chi connectivity index (χ0v) is 20.4. The molecule has 0 bridgehead atoms. The van der Waals surface area contributed by atoms with E-state index in [4.69, 9.17) is 4.98 Å². The highest BCUT2D eigenvalue weighted by atomic mass is 32.1. The van der Waals surface area contributed by atoms with E-state index in [9.17, 15) is 9.18 Å². The van der Waals surface area contributed by atoms with Crippen LogP contribution in [0.5, 0.6) is 0 Å². The molecular formula is C27H32FN3OS. The lowest BCUT2D eigenvalue weighted by Gasteiger charge is -2.45. The predicted molar refractivity (Wildman–Crippen MR) is 133 cm³/mol. The van der Waals surface area contributed by atoms with Gasteiger partial charge in [0.1, 0.15) is 10.8 Å². The van der Waals surface area contributed by atoms with Crippen LogP contribution in [0.4, 0.5) is 4.39 Å². The predicted octanol–water partition coefficient (Wildman–Crippen LogP) is 5.40. The summed E-state index contributed by atoms with van der Waals surface area (Å²) in [5, 5.41) is 4.18. The summed E-state index contributed by atoms with van der Waals surface area (Å²) < 4.78 is 14.3. The lowest BCUT2D eigenvalue weighted by molar-refractivity contribution is -0.121. The molecule has 4 rings (SSSR count). The van der Waals surface area contributed by atoms with Gasteiger partial charge in [-0.3, -0.25) is 4.79 Å². The van der Waals surface area contributed by atoms with Gasteiger partial charge in [-0.15, -0.1) is 11.3 Å². The van der Waals surface area contributed by atoms with E-state index in [1.807, 2.05) is 49.4 Å². The van der Waals surface area contributed by atoms with E-state index in [1.54, 1.807) is 17.4 Å². The van der Waals surface area contributed by atoms with Crippen molar-refractivity contribution in [1.29, 1.82) is 0 Å². The number of likely N-dealkylation sites (N-methyl/N-ethyl adjacent to an activating group) is 1. The second kappa shape index (κ2) is 10.1. The van der Waals surface area contributed by atoms with Gasteiger partial charge in [0, 0.05) is 22.0 Å². The van der Waals surface area contributed by atoms with Crippen LogP contribution in [0.25, 0.3) is 10.6 Å². The molecule has 1 amide bonds. The van der Waals surface area contributed by atoms with E-state index >= 15 is 0 Å². The normalized spacial score (nSPS) is 20.7. The van der Waals surface area contributed by atoms with Crippen LogP contribution in [0.15, 0.2) is 54.6 Å². The van der Waals surface area contributed by atoms with Gasteiger partial charge in [0.25, 0.3) is 0 Å². The second-order valence-electron chi connectivity index (χ2n) is 9.29. The molecule has 0 unspecified atom stereocenters. The number of hydrogen-bond donors (Lipinski definition) is 1. The third-order valence-corrected chi connectivity index (χ3v) is 8.01. The summed E-state index contributed by atoms with van der Waals surface area (Å²) in [7, 11) is 4.16. The Kier molecular flexibility index (Phi) is 7.25. The van der Waals surface area contributed by atoms with Crippen molar-refractivity contribution in [3.05, 3.63) is 76.5 Å². The van der Waals surface area contributed by atoms with Crippen LogP contribution in [-0.4, -0.2) is 41.5 Å². The van der Waals surface area contributed by atoms with Crippen LogP contribution >= 0.6 is 11.3 Å². The van der Waals surface area contributed by atoms with Crippen LogP contribution in [0.3, 0.4) is 0 Å². The summed E-state index contributed by atoms with van der Waals surface area (Å²) in [6.45, 7) is 2.03. The van der Waals surface area contributed by atoms with Crippen LogP contribution in [0.2, 0.25) is 0 Å². The average molecular weight is 466 g/mol. The molecular weight excluding hydrogens is 433 g/mol. The Morgan fingerprint density at radius 2 is 1.79 bits per heavy atom. The molecule has 1 aromatic heterocycles. The maximum atomic E-state index is 14.3. The highest BCUT2D eigenvalue weighted by Crippen LogP contribution is 2.36. The van der Waals surface area contributed by atoms with Crippen molar-refractivity contribution < 1.29 is 9.18 Å². The summed E-state index contributed by atoms with van der Waals surface area (Å²) in [4.78, 5) is 20.9. The number of carbonyl (C=O) groups is 1. The zero-order valence-electron chi connectivity index (χ0n) is 19.6. The number of amides is 1. The lowest BCUT2D eigenvalue weighted by atomic mass is 9.74. The molecule has 0 saturated heterocycles. The molecule has 0 aliphatic heterocycles. The summed E-state index contributed by atoms with van der Waals surface area (Å²) in [5.74, 6) is -0.109. The van der Waals surface area contributed by atoms with E-state index in [2.05, 4.69) is 24.3 Å². The molecule has 0 radical (unpaired) electrons. The van der Waals surface area contributed by atoms with Crippen molar-refractivity contribution in [2.75, 3.05) is 14.1 Å². The largest absolute Gasteiger partial charge is 0.353 e. The highest BCUT2D eigenvalue weighted by Gasteiger charge is 2.38. The summed E-state index contributed by atoms with van der Waals surface area (Å²) in [6.07, 6.45) is 4.63. The molecule has 6 heteroatoms. The molecule has 1 fully saturated rings. The van der Waals surface area contributed by atoms with Crippen molar-refractivity contribution >= 4 is 17.2 Å². The van der Waals surface area contributed by atoms with Gasteiger partial charge in [0.2, 0.25) is 5.91 Å². The Labute approximate surface area is 199 Å². The molecule has 1 heterocycles. The van der Waals surface area contributed by atoms with Gasteiger partial charge in [0.15, 0.2) is 0 Å². The van der Waals surface area contributed by atoms with Gasteiger partial charge in [-0.2, -0.15) is 0 Å². The number of nitrogens with zero attached hydrogens (tertiary/aromatic N) is 2. The van der Waals surface area contributed by atoms with E-state index in [0.717, 1.165) is 52.4 Å². The molecule has 1 saturated carbocycles. The van der Waals surface area contributed by atoms with E-state index < -0.39 is 0 Å². The first-order valence-corrected chi connectivity index (χ1v) is 12.4. The van der Waals surface area contributed by atoms with Crippen molar-refractivity contribution in [1.82, 2.24) is 15.2 Å². The maximum Gasteiger partial charge on any atom is 0.226 e. The Morgan fingerprint density at radius 1 is 1.12 bits per heavy atom. The smallest absolute Gasteiger partial charge is 0.226 e. The fraction of sp³-hybridized carbons (Fsp3) is 0.407. The molecule has 0 atom stereocenters. The molecule has 2 aromatic carbocycles. The number of benzene rings is 2. The maximum absolute atomic E-state index is 14.3. The monoisotopic (exact) mass is 465 g/mol. The Hall–Kier alpha value is -2.57. The van der Waals surface area contributed by atoms with Gasteiger partial charge in [-0.25, -0.2) is 9.37 Å². The first-order valence-electron chi connectivity index (χ1n) is 11.6. The lowest BCUT2D eigenvalue weighted by Crippen LogP contribution is -2.52. The van der Waals surface area contributed by atoms with Gasteiger partial charge in [-0.05, 0) is 64.8 Å². The van der Waals surface area contributed by atoms with Crippen LogP contribution in [0.1, 0.15) is 41.8 Å². The average Bonchev–Trinajstić information content (AvgIpc) is 3.17. The number of halogens is 1. The van der Waals surface area contributed by atoms with Gasteiger partial charge < -0.3 is 10.2 Å². The minimum atomic E-state index is -0.136. The SMILES string of the molecule is Cc1sc(-c2ccccc2)nc1CC(=O)NC1CCC(Cc2ccccc2F)(N(C)C)CC1. The van der Waals surface area contributed by atoms with Gasteiger partial charge >= 0.3 is 0 Å². The number of aromatic nitrogens is 1. The summed E-state index contributed by atoms with van der Waals surface area (Å²) >= 11 is 1.63. The second-order valence-corrected chi connectivity index (χ2v) is 10.5. The first-order chi connectivity index (χ1) is 15.9. The fourth-order valence-electron chi connectivity index (χ4n) is 4.80. The topological polar surface area (TPSA) is 45.2 Å². The number of rotatable bonds is 7. The number of thiazole rings is 1. The number of nitrogens with one attached hydrogen (secondary N) is 1. The Bertz CT molecular complexity index is 1090. The molecule has 1 aliphatic rings. The molecule has 1 N–H and O–H groups in total. The highest BCUT2D eigenvalue weighted by molar-refractivity contribution is 7.15. The van der Waals surface area contributed by atoms with Crippen molar-refractivity contribution in [3.63, 3.8) is 0 Å². The standard InChI is InChI=1S/C27H32FN3OS/c1-19-24(30-26(33-19)20-9-5-4-6-10-20)17-25(32)29-22-13-15-27(16-14-22,31(2)3)18-21-11-7-8-12-23(21)28/h4-12,22H,13-18H2,1-3H3,(H,29,32). The first kappa shape index (κ1) is 23.6. The minimum Gasteiger partial charge on any atom is -0.353 e. The molecule has 3 aromatic rings. The Morgan fingerprint density at radius 3 is 2.45 bits per heavy atom. The third-order valence-electron chi connectivity index (χ3n) is 6.95. The zero-order chi connectivity index (χ0) is 23.4. The summed E-state index contributed by atoms with van der Waals surface area (Å²) in [6, 6.07) is 17.3. The van der Waals surface area contributed by atoms with Crippen molar-refractivity contribution in [2.45, 2.75) is 57.0 Å². The van der Waals surface area contributed by atoms with E-state index in [-0.39, 0.29) is 23.3 Å². The quantitative estimate of drug-likeness (QED) is 0.508. The number of hydrogen-bond acceptors (Lipinski definition) is 4. The Balaban J connectivity index is 1.35. The number of aryl methyl sites for hydroxylation is 1. The van der Waals surface area contributed by atoms with Gasteiger partial charge in [0.05, 0.1) is 12.1 Å². The molecule has 174 valence electrons. The molecule has 4 nitrogen and oxygen atoms in total. The van der Waals surface area contributed by atoms with Gasteiger partial charge in [-0.1, -0.05) is 48.5 Å². The third kappa shape index (κ3) is 5.50. The van der Waals surface area contributed by atoms with Crippen LogP contribution < -0.4 is 5.32 Å². The van der Waals surface area contributed by atoms with Crippen LogP contribution in [-0.2, 0) is 17.6 Å². The van der Waals surface area contributed by atoms with Crippen molar-refractivity contribution in [3.8, 4) is 10.6 Å². The van der Waals surface area contributed by atoms with Crippen LogP contribution in [0, 0.1) is 12.7 Å². The molecule has 0 spiro atoms. The van der Waals surface area contributed by atoms with E-state index in [1.165, 1.54) is 6.07 Å². The molecule has 33 heavy (non-hydrogen) atoms. The minimum absolute atomic E-state index is 0.0273. The van der Waals surface area contributed by atoms with E-state index in [0.29, 0.717) is 12.8 Å². The fourth-order valence-corrected chi connectivity index (χ4v) is 5.74. The number of carbonyl (C=O) groups excluding carboxylic acids is 1. The summed E-state index contributed by atoms with van der Waals surface area (Å²) in [5.41, 5.74) is 2.62. The van der Waals surface area contributed by atoms with Crippen molar-refractivity contribution in [2.24, 2.45) is 0 Å². The molecule has 1 aliphatic carbocycles.